The quantitative estimate of drug-likeness (QED) is 0.643. The van der Waals surface area contributed by atoms with Gasteiger partial charge in [0.15, 0.2) is 5.16 Å². The van der Waals surface area contributed by atoms with E-state index in [-0.39, 0.29) is 5.56 Å². The Labute approximate surface area is 125 Å². The highest BCUT2D eigenvalue weighted by Crippen LogP contribution is 2.35. The van der Waals surface area contributed by atoms with Crippen LogP contribution in [0.4, 0.5) is 0 Å². The number of hydrogen-bond acceptors (Lipinski definition) is 5. The van der Waals surface area contributed by atoms with Gasteiger partial charge in [0.1, 0.15) is 4.83 Å². The third kappa shape index (κ3) is 2.15. The van der Waals surface area contributed by atoms with Crippen molar-refractivity contribution < 1.29 is 0 Å². The molecular formula is C14H15N3OS2. The SMILES string of the molecule is CCCn1c(SCC#N)nc2sc3c(c2c1=O)CCC3. The summed E-state index contributed by atoms with van der Waals surface area (Å²) in [4.78, 5) is 19.6. The lowest BCUT2D eigenvalue weighted by Crippen LogP contribution is -2.23. The maximum atomic E-state index is 12.8. The Kier molecular flexibility index (Phi) is 3.81. The molecule has 0 saturated heterocycles. The third-order valence-electron chi connectivity index (χ3n) is 3.50. The third-order valence-corrected chi connectivity index (χ3v) is 5.53. The molecule has 0 spiro atoms. The number of thiophene rings is 1. The molecule has 2 heterocycles. The Bertz CT molecular complexity index is 754. The molecule has 104 valence electrons. The summed E-state index contributed by atoms with van der Waals surface area (Å²) in [6.45, 7) is 2.72. The van der Waals surface area contributed by atoms with Crippen LogP contribution < -0.4 is 5.56 Å². The van der Waals surface area contributed by atoms with Gasteiger partial charge in [-0.15, -0.1) is 11.3 Å². The topological polar surface area (TPSA) is 58.7 Å². The Morgan fingerprint density at radius 3 is 3.10 bits per heavy atom. The lowest BCUT2D eigenvalue weighted by Gasteiger charge is -2.09. The minimum absolute atomic E-state index is 0.0803. The first-order valence-electron chi connectivity index (χ1n) is 6.81. The molecule has 20 heavy (non-hydrogen) atoms. The molecule has 0 aliphatic heterocycles. The Morgan fingerprint density at radius 2 is 2.35 bits per heavy atom. The van der Waals surface area contributed by atoms with Gasteiger partial charge in [0.2, 0.25) is 0 Å². The number of hydrogen-bond donors (Lipinski definition) is 0. The second kappa shape index (κ2) is 5.58. The molecule has 1 aliphatic rings. The van der Waals surface area contributed by atoms with Crippen molar-refractivity contribution in [1.29, 1.82) is 5.26 Å². The number of thioether (sulfide) groups is 1. The van der Waals surface area contributed by atoms with Crippen LogP contribution in [0.1, 0.15) is 30.2 Å². The van der Waals surface area contributed by atoms with Gasteiger partial charge in [-0.3, -0.25) is 9.36 Å². The van der Waals surface area contributed by atoms with Crippen molar-refractivity contribution in [3.8, 4) is 6.07 Å². The molecule has 0 N–H and O–H groups in total. The molecule has 2 aromatic heterocycles. The summed E-state index contributed by atoms with van der Waals surface area (Å²) in [6.07, 6.45) is 4.11. The molecular weight excluding hydrogens is 290 g/mol. The fraction of sp³-hybridized carbons (Fsp3) is 0.500. The van der Waals surface area contributed by atoms with Crippen LogP contribution in [0.3, 0.4) is 0 Å². The number of nitrogens with zero attached hydrogens (tertiary/aromatic N) is 3. The number of fused-ring (bicyclic) bond motifs is 3. The van der Waals surface area contributed by atoms with Gasteiger partial charge in [-0.05, 0) is 31.2 Å². The first-order valence-corrected chi connectivity index (χ1v) is 8.61. The Hall–Kier alpha value is -1.32. The van der Waals surface area contributed by atoms with Crippen molar-refractivity contribution in [3.63, 3.8) is 0 Å². The first-order chi connectivity index (χ1) is 9.76. The number of rotatable bonds is 4. The van der Waals surface area contributed by atoms with E-state index in [0.717, 1.165) is 35.9 Å². The summed E-state index contributed by atoms with van der Waals surface area (Å²) in [7, 11) is 0. The zero-order valence-corrected chi connectivity index (χ0v) is 12.9. The van der Waals surface area contributed by atoms with E-state index in [1.54, 1.807) is 15.9 Å². The molecule has 0 radical (unpaired) electrons. The van der Waals surface area contributed by atoms with Crippen LogP contribution in [0.2, 0.25) is 0 Å². The molecule has 6 heteroatoms. The number of aryl methyl sites for hydroxylation is 2. The average Bonchev–Trinajstić information content (AvgIpc) is 3.00. The van der Waals surface area contributed by atoms with Crippen molar-refractivity contribution in [3.05, 3.63) is 20.8 Å². The molecule has 3 rings (SSSR count). The molecule has 0 amide bonds. The smallest absolute Gasteiger partial charge is 0.263 e. The summed E-state index contributed by atoms with van der Waals surface area (Å²) in [6, 6.07) is 2.10. The zero-order valence-electron chi connectivity index (χ0n) is 11.3. The highest BCUT2D eigenvalue weighted by molar-refractivity contribution is 7.99. The van der Waals surface area contributed by atoms with Crippen molar-refractivity contribution in [2.45, 2.75) is 44.3 Å². The molecule has 0 bridgehead atoms. The second-order valence-electron chi connectivity index (χ2n) is 4.84. The maximum absolute atomic E-state index is 12.8. The van der Waals surface area contributed by atoms with Gasteiger partial charge >= 0.3 is 0 Å². The van der Waals surface area contributed by atoms with Gasteiger partial charge in [-0.2, -0.15) is 5.26 Å². The van der Waals surface area contributed by atoms with E-state index in [1.165, 1.54) is 22.2 Å². The van der Waals surface area contributed by atoms with Crippen LogP contribution in [0.5, 0.6) is 0 Å². The van der Waals surface area contributed by atoms with E-state index < -0.39 is 0 Å². The van der Waals surface area contributed by atoms with E-state index in [4.69, 9.17) is 5.26 Å². The predicted molar refractivity (Wildman–Crippen MR) is 82.5 cm³/mol. The van der Waals surface area contributed by atoms with E-state index in [2.05, 4.69) is 11.1 Å². The van der Waals surface area contributed by atoms with Crippen molar-refractivity contribution >= 4 is 33.3 Å². The Morgan fingerprint density at radius 1 is 1.50 bits per heavy atom. The Balaban J connectivity index is 2.22. The van der Waals surface area contributed by atoms with Crippen LogP contribution in [0, 0.1) is 11.3 Å². The molecule has 0 aromatic carbocycles. The van der Waals surface area contributed by atoms with Crippen LogP contribution >= 0.6 is 23.1 Å². The van der Waals surface area contributed by atoms with Gasteiger partial charge in [0.05, 0.1) is 17.2 Å². The zero-order chi connectivity index (χ0) is 14.1. The van der Waals surface area contributed by atoms with Gasteiger partial charge < -0.3 is 0 Å². The number of aromatic nitrogens is 2. The van der Waals surface area contributed by atoms with Gasteiger partial charge in [0.25, 0.3) is 5.56 Å². The fourth-order valence-corrected chi connectivity index (χ4v) is 4.68. The van der Waals surface area contributed by atoms with E-state index >= 15 is 0 Å². The minimum atomic E-state index is 0.0803. The average molecular weight is 305 g/mol. The molecule has 0 atom stereocenters. The minimum Gasteiger partial charge on any atom is -0.287 e. The highest BCUT2D eigenvalue weighted by Gasteiger charge is 2.22. The van der Waals surface area contributed by atoms with Crippen LogP contribution in [-0.2, 0) is 19.4 Å². The van der Waals surface area contributed by atoms with E-state index in [0.29, 0.717) is 17.5 Å². The molecule has 0 saturated carbocycles. The summed E-state index contributed by atoms with van der Waals surface area (Å²) in [5, 5.41) is 10.3. The van der Waals surface area contributed by atoms with Crippen LogP contribution in [0.25, 0.3) is 10.2 Å². The first kappa shape index (κ1) is 13.7. The van der Waals surface area contributed by atoms with Gasteiger partial charge in [-0.1, -0.05) is 18.7 Å². The fourth-order valence-electron chi connectivity index (χ4n) is 2.69. The highest BCUT2D eigenvalue weighted by atomic mass is 32.2. The normalized spacial score (nSPS) is 13.6. The molecule has 0 fully saturated rings. The van der Waals surface area contributed by atoms with Crippen molar-refractivity contribution in [2.75, 3.05) is 5.75 Å². The van der Waals surface area contributed by atoms with Crippen molar-refractivity contribution in [2.24, 2.45) is 0 Å². The van der Waals surface area contributed by atoms with E-state index in [1.807, 2.05) is 6.92 Å². The second-order valence-corrected chi connectivity index (χ2v) is 6.86. The predicted octanol–water partition coefficient (Wildman–Crippen LogP) is 2.97. The van der Waals surface area contributed by atoms with Gasteiger partial charge in [0, 0.05) is 11.4 Å². The van der Waals surface area contributed by atoms with Crippen LogP contribution in [-0.4, -0.2) is 15.3 Å². The lowest BCUT2D eigenvalue weighted by atomic mass is 10.2. The summed E-state index contributed by atoms with van der Waals surface area (Å²) in [5.74, 6) is 0.326. The largest absolute Gasteiger partial charge is 0.287 e. The lowest BCUT2D eigenvalue weighted by molar-refractivity contribution is 0.585. The molecule has 1 aliphatic carbocycles. The maximum Gasteiger partial charge on any atom is 0.263 e. The van der Waals surface area contributed by atoms with Gasteiger partial charge in [-0.25, -0.2) is 4.98 Å². The molecule has 2 aromatic rings. The summed E-state index contributed by atoms with van der Waals surface area (Å²) < 4.78 is 1.75. The van der Waals surface area contributed by atoms with Crippen molar-refractivity contribution in [1.82, 2.24) is 9.55 Å². The standard InChI is InChI=1S/C14H15N3OS2/c1-2-7-17-13(18)11-9-4-3-5-10(9)20-12(11)16-14(17)19-8-6-15/h2-5,7-8H2,1H3. The number of nitriles is 1. The van der Waals surface area contributed by atoms with Crippen LogP contribution in [0.15, 0.2) is 9.95 Å². The molecule has 4 nitrogen and oxygen atoms in total. The summed E-state index contributed by atoms with van der Waals surface area (Å²) >= 11 is 3.01. The summed E-state index contributed by atoms with van der Waals surface area (Å²) in [5.41, 5.74) is 1.31. The monoisotopic (exact) mass is 305 g/mol. The molecule has 0 unspecified atom stereocenters. The van der Waals surface area contributed by atoms with E-state index in [9.17, 15) is 4.79 Å².